The molecule has 0 unspecified atom stereocenters. The molecule has 0 amide bonds. The predicted molar refractivity (Wildman–Crippen MR) is 35.4 cm³/mol. The lowest BCUT2D eigenvalue weighted by atomic mass is 10.3. The second-order valence-electron chi connectivity index (χ2n) is 1.60. The van der Waals surface area contributed by atoms with Crippen LogP contribution in [0.25, 0.3) is 0 Å². The van der Waals surface area contributed by atoms with Crippen LogP contribution in [0.5, 0.6) is 5.06 Å². The summed E-state index contributed by atoms with van der Waals surface area (Å²) in [6, 6.07) is 1.94. The van der Waals surface area contributed by atoms with Gasteiger partial charge in [-0.25, -0.2) is 0 Å². The van der Waals surface area contributed by atoms with Crippen molar-refractivity contribution in [3.8, 4) is 5.06 Å². The zero-order valence-electron chi connectivity index (χ0n) is 4.72. The summed E-state index contributed by atoms with van der Waals surface area (Å²) in [6.07, 6.45) is 0.926. The Morgan fingerprint density at radius 1 is 1.75 bits per heavy atom. The first-order valence-corrected chi connectivity index (χ1v) is 3.48. The van der Waals surface area contributed by atoms with E-state index in [2.05, 4.69) is 0 Å². The SMILES string of the molecule is CCc1ccsc1O. The molecule has 1 aromatic rings. The van der Waals surface area contributed by atoms with Crippen LogP contribution in [0, 0.1) is 0 Å². The van der Waals surface area contributed by atoms with E-state index in [0.29, 0.717) is 5.06 Å². The highest BCUT2D eigenvalue weighted by Gasteiger charge is 1.95. The number of aromatic hydroxyl groups is 1. The van der Waals surface area contributed by atoms with Crippen molar-refractivity contribution >= 4 is 11.3 Å². The van der Waals surface area contributed by atoms with E-state index < -0.39 is 0 Å². The van der Waals surface area contributed by atoms with Crippen molar-refractivity contribution in [2.24, 2.45) is 0 Å². The molecule has 8 heavy (non-hydrogen) atoms. The summed E-state index contributed by atoms with van der Waals surface area (Å²) in [5.41, 5.74) is 1.05. The van der Waals surface area contributed by atoms with Crippen molar-refractivity contribution < 1.29 is 5.11 Å². The molecule has 1 aromatic heterocycles. The van der Waals surface area contributed by atoms with Crippen molar-refractivity contribution in [3.63, 3.8) is 0 Å². The number of hydrogen-bond donors (Lipinski definition) is 1. The average Bonchev–Trinajstić information content (AvgIpc) is 2.14. The van der Waals surface area contributed by atoms with E-state index in [0.717, 1.165) is 12.0 Å². The van der Waals surface area contributed by atoms with E-state index in [-0.39, 0.29) is 0 Å². The Morgan fingerprint density at radius 2 is 2.50 bits per heavy atom. The third-order valence-electron chi connectivity index (χ3n) is 1.10. The molecule has 1 N–H and O–H groups in total. The average molecular weight is 128 g/mol. The maximum atomic E-state index is 8.97. The first-order chi connectivity index (χ1) is 3.84. The summed E-state index contributed by atoms with van der Waals surface area (Å²) in [5.74, 6) is 0. The fraction of sp³-hybridized carbons (Fsp3) is 0.333. The quantitative estimate of drug-likeness (QED) is 0.613. The van der Waals surface area contributed by atoms with Gasteiger partial charge in [-0.3, -0.25) is 0 Å². The van der Waals surface area contributed by atoms with Gasteiger partial charge in [0.15, 0.2) is 5.06 Å². The summed E-state index contributed by atoms with van der Waals surface area (Å²) in [4.78, 5) is 0. The fourth-order valence-electron chi connectivity index (χ4n) is 0.597. The maximum Gasteiger partial charge on any atom is 0.174 e. The molecule has 0 aliphatic heterocycles. The standard InChI is InChI=1S/C6H8OS/c1-2-5-3-4-8-6(5)7/h3-4,7H,2H2,1H3. The summed E-state index contributed by atoms with van der Waals surface area (Å²) >= 11 is 1.38. The van der Waals surface area contributed by atoms with Gasteiger partial charge >= 0.3 is 0 Å². The first-order valence-electron chi connectivity index (χ1n) is 2.60. The Balaban J connectivity index is 2.92. The topological polar surface area (TPSA) is 20.2 Å². The number of hydrogen-bond acceptors (Lipinski definition) is 2. The Hall–Kier alpha value is -0.500. The molecule has 0 aliphatic rings. The van der Waals surface area contributed by atoms with E-state index in [1.165, 1.54) is 11.3 Å². The third-order valence-corrected chi connectivity index (χ3v) is 1.86. The fourth-order valence-corrected chi connectivity index (χ4v) is 1.32. The molecule has 0 atom stereocenters. The smallest absolute Gasteiger partial charge is 0.174 e. The first kappa shape index (κ1) is 5.63. The molecule has 1 rings (SSSR count). The van der Waals surface area contributed by atoms with E-state index in [1.54, 1.807) is 0 Å². The van der Waals surface area contributed by atoms with E-state index in [9.17, 15) is 0 Å². The van der Waals surface area contributed by atoms with Gasteiger partial charge in [-0.1, -0.05) is 6.92 Å². The van der Waals surface area contributed by atoms with Crippen LogP contribution >= 0.6 is 11.3 Å². The molecule has 0 saturated carbocycles. The van der Waals surface area contributed by atoms with Crippen LogP contribution in [0.4, 0.5) is 0 Å². The van der Waals surface area contributed by atoms with Gasteiger partial charge in [0, 0.05) is 5.56 Å². The van der Waals surface area contributed by atoms with Gasteiger partial charge in [0.1, 0.15) is 0 Å². The molecule has 0 aliphatic carbocycles. The second kappa shape index (κ2) is 2.18. The van der Waals surface area contributed by atoms with Gasteiger partial charge < -0.3 is 5.11 Å². The lowest BCUT2D eigenvalue weighted by Crippen LogP contribution is -1.69. The van der Waals surface area contributed by atoms with Crippen molar-refractivity contribution in [3.05, 3.63) is 17.0 Å². The molecule has 0 aromatic carbocycles. The van der Waals surface area contributed by atoms with E-state index in [4.69, 9.17) is 5.11 Å². The second-order valence-corrected chi connectivity index (χ2v) is 2.50. The van der Waals surface area contributed by atoms with E-state index in [1.807, 2.05) is 18.4 Å². The minimum Gasteiger partial charge on any atom is -0.499 e. The Morgan fingerprint density at radius 3 is 2.75 bits per heavy atom. The Bertz CT molecular complexity index is 169. The third kappa shape index (κ3) is 0.842. The monoisotopic (exact) mass is 128 g/mol. The van der Waals surface area contributed by atoms with E-state index >= 15 is 0 Å². The van der Waals surface area contributed by atoms with Gasteiger partial charge in [0.25, 0.3) is 0 Å². The molecule has 0 spiro atoms. The van der Waals surface area contributed by atoms with Gasteiger partial charge in [0.2, 0.25) is 0 Å². The maximum absolute atomic E-state index is 8.97. The molecule has 0 radical (unpaired) electrons. The number of aryl methyl sites for hydroxylation is 1. The van der Waals surface area contributed by atoms with Crippen molar-refractivity contribution in [1.82, 2.24) is 0 Å². The van der Waals surface area contributed by atoms with Crippen molar-refractivity contribution in [2.45, 2.75) is 13.3 Å². The zero-order valence-corrected chi connectivity index (χ0v) is 5.53. The number of rotatable bonds is 1. The Kier molecular flexibility index (Phi) is 1.53. The zero-order chi connectivity index (χ0) is 5.98. The molecule has 44 valence electrons. The molecule has 1 nitrogen and oxygen atoms in total. The largest absolute Gasteiger partial charge is 0.499 e. The van der Waals surface area contributed by atoms with Crippen LogP contribution in [-0.4, -0.2) is 5.11 Å². The minimum absolute atomic E-state index is 0.465. The summed E-state index contributed by atoms with van der Waals surface area (Å²) in [6.45, 7) is 2.03. The van der Waals surface area contributed by atoms with Crippen LogP contribution in [0.1, 0.15) is 12.5 Å². The van der Waals surface area contributed by atoms with Crippen LogP contribution in [0.3, 0.4) is 0 Å². The summed E-state index contributed by atoms with van der Waals surface area (Å²) in [5, 5.41) is 11.3. The number of thiophene rings is 1. The van der Waals surface area contributed by atoms with Crippen LogP contribution < -0.4 is 0 Å². The molecule has 0 bridgehead atoms. The van der Waals surface area contributed by atoms with Gasteiger partial charge in [-0.05, 0) is 17.9 Å². The van der Waals surface area contributed by atoms with Crippen LogP contribution in [-0.2, 0) is 6.42 Å². The summed E-state index contributed by atoms with van der Waals surface area (Å²) in [7, 11) is 0. The van der Waals surface area contributed by atoms with Crippen molar-refractivity contribution in [1.29, 1.82) is 0 Å². The molecule has 0 saturated heterocycles. The van der Waals surface area contributed by atoms with Gasteiger partial charge in [-0.2, -0.15) is 0 Å². The van der Waals surface area contributed by atoms with Crippen LogP contribution in [0.15, 0.2) is 11.4 Å². The van der Waals surface area contributed by atoms with Gasteiger partial charge in [-0.15, -0.1) is 11.3 Å². The molecule has 1 heterocycles. The molecular weight excluding hydrogens is 120 g/mol. The lowest BCUT2D eigenvalue weighted by molar-refractivity contribution is 0.485. The summed E-state index contributed by atoms with van der Waals surface area (Å²) < 4.78 is 0. The highest BCUT2D eigenvalue weighted by Crippen LogP contribution is 2.23. The highest BCUT2D eigenvalue weighted by atomic mass is 32.1. The Labute approximate surface area is 52.6 Å². The lowest BCUT2D eigenvalue weighted by Gasteiger charge is -1.86. The molecule has 2 heteroatoms. The van der Waals surface area contributed by atoms with Crippen LogP contribution in [0.2, 0.25) is 0 Å². The van der Waals surface area contributed by atoms with Gasteiger partial charge in [0.05, 0.1) is 0 Å². The highest BCUT2D eigenvalue weighted by molar-refractivity contribution is 7.11. The predicted octanol–water partition coefficient (Wildman–Crippen LogP) is 2.02. The molecule has 0 fully saturated rings. The molecular formula is C6H8OS. The minimum atomic E-state index is 0.465. The normalized spacial score (nSPS) is 9.62. The van der Waals surface area contributed by atoms with Crippen molar-refractivity contribution in [2.75, 3.05) is 0 Å².